The number of carbonyl (C=O) groups is 4. The summed E-state index contributed by atoms with van der Waals surface area (Å²) in [5.74, 6) is 0.688. The van der Waals surface area contributed by atoms with E-state index in [0.29, 0.717) is 6.42 Å². The SMILES string of the molecule is C#CC(C)(CC)c1ccc2c(c1)C(=O)N(C1CCC(=O)NC1=O)C2=O. The number of imide groups is 2. The van der Waals surface area contributed by atoms with Crippen LogP contribution >= 0.6 is 0 Å². The summed E-state index contributed by atoms with van der Waals surface area (Å²) in [6.07, 6.45) is 6.55. The first-order valence-electron chi connectivity index (χ1n) is 8.16. The molecule has 2 aliphatic rings. The van der Waals surface area contributed by atoms with Crippen LogP contribution < -0.4 is 5.32 Å². The molecule has 2 unspecified atom stereocenters. The maximum Gasteiger partial charge on any atom is 0.262 e. The Hall–Kier alpha value is -2.94. The summed E-state index contributed by atoms with van der Waals surface area (Å²) in [6, 6.07) is 4.02. The summed E-state index contributed by atoms with van der Waals surface area (Å²) >= 11 is 0. The van der Waals surface area contributed by atoms with Gasteiger partial charge < -0.3 is 0 Å². The van der Waals surface area contributed by atoms with Gasteiger partial charge in [-0.3, -0.25) is 29.4 Å². The fourth-order valence-electron chi connectivity index (χ4n) is 3.20. The van der Waals surface area contributed by atoms with Crippen molar-refractivity contribution in [1.82, 2.24) is 10.2 Å². The van der Waals surface area contributed by atoms with Gasteiger partial charge in [0.2, 0.25) is 11.8 Å². The highest BCUT2D eigenvalue weighted by molar-refractivity contribution is 6.23. The monoisotopic (exact) mass is 338 g/mol. The molecule has 3 rings (SSSR count). The molecule has 0 radical (unpaired) electrons. The number of nitrogens with one attached hydrogen (secondary N) is 1. The maximum atomic E-state index is 12.8. The Morgan fingerprint density at radius 1 is 1.24 bits per heavy atom. The Labute approximate surface area is 145 Å². The van der Waals surface area contributed by atoms with Crippen LogP contribution in [0, 0.1) is 12.3 Å². The van der Waals surface area contributed by atoms with E-state index in [2.05, 4.69) is 11.2 Å². The van der Waals surface area contributed by atoms with Crippen LogP contribution in [-0.2, 0) is 15.0 Å². The average molecular weight is 338 g/mol. The van der Waals surface area contributed by atoms with Crippen LogP contribution in [0.15, 0.2) is 18.2 Å². The molecule has 128 valence electrons. The predicted octanol–water partition coefficient (Wildman–Crippen LogP) is 1.39. The van der Waals surface area contributed by atoms with Crippen molar-refractivity contribution in [2.45, 2.75) is 44.6 Å². The Morgan fingerprint density at radius 3 is 2.52 bits per heavy atom. The molecular formula is C19H18N2O4. The number of rotatable bonds is 3. The summed E-state index contributed by atoms with van der Waals surface area (Å²) in [5, 5.41) is 2.18. The molecule has 2 aliphatic heterocycles. The fraction of sp³-hybridized carbons (Fsp3) is 0.368. The summed E-state index contributed by atoms with van der Waals surface area (Å²) in [4.78, 5) is 49.7. The van der Waals surface area contributed by atoms with E-state index in [9.17, 15) is 19.2 Å². The van der Waals surface area contributed by atoms with Gasteiger partial charge in [-0.2, -0.15) is 0 Å². The van der Waals surface area contributed by atoms with E-state index in [0.717, 1.165) is 10.5 Å². The topological polar surface area (TPSA) is 83.6 Å². The zero-order valence-electron chi connectivity index (χ0n) is 14.1. The molecule has 1 aromatic carbocycles. The summed E-state index contributed by atoms with van der Waals surface area (Å²) in [6.45, 7) is 3.85. The van der Waals surface area contributed by atoms with Crippen LogP contribution in [0.3, 0.4) is 0 Å². The lowest BCUT2D eigenvalue weighted by molar-refractivity contribution is -0.136. The number of hydrogen-bond acceptors (Lipinski definition) is 4. The number of piperidine rings is 1. The van der Waals surface area contributed by atoms with Crippen LogP contribution in [-0.4, -0.2) is 34.6 Å². The third-order valence-corrected chi connectivity index (χ3v) is 5.10. The second-order valence-electron chi connectivity index (χ2n) is 6.54. The predicted molar refractivity (Wildman–Crippen MR) is 89.6 cm³/mol. The number of hydrogen-bond donors (Lipinski definition) is 1. The number of nitrogens with zero attached hydrogens (tertiary/aromatic N) is 1. The van der Waals surface area contributed by atoms with E-state index >= 15 is 0 Å². The fourth-order valence-corrected chi connectivity index (χ4v) is 3.20. The molecule has 6 heteroatoms. The molecule has 2 heterocycles. The van der Waals surface area contributed by atoms with Gasteiger partial charge in [0.1, 0.15) is 6.04 Å². The van der Waals surface area contributed by atoms with Crippen LogP contribution in [0.2, 0.25) is 0 Å². The lowest BCUT2D eigenvalue weighted by Crippen LogP contribution is -2.54. The lowest BCUT2D eigenvalue weighted by atomic mass is 9.80. The Bertz CT molecular complexity index is 851. The minimum Gasteiger partial charge on any atom is -0.295 e. The molecule has 1 fully saturated rings. The molecule has 2 atom stereocenters. The molecule has 1 aromatic rings. The first-order valence-corrected chi connectivity index (χ1v) is 8.16. The molecular weight excluding hydrogens is 320 g/mol. The summed E-state index contributed by atoms with van der Waals surface area (Å²) < 4.78 is 0. The second-order valence-corrected chi connectivity index (χ2v) is 6.54. The Balaban J connectivity index is 1.99. The lowest BCUT2D eigenvalue weighted by Gasteiger charge is -2.27. The maximum absolute atomic E-state index is 12.8. The first kappa shape index (κ1) is 16.9. The van der Waals surface area contributed by atoms with Gasteiger partial charge in [0.15, 0.2) is 0 Å². The average Bonchev–Trinajstić information content (AvgIpc) is 2.85. The zero-order chi connectivity index (χ0) is 18.4. The van der Waals surface area contributed by atoms with E-state index < -0.39 is 35.1 Å². The molecule has 4 amide bonds. The van der Waals surface area contributed by atoms with Gasteiger partial charge in [0.25, 0.3) is 11.8 Å². The quantitative estimate of drug-likeness (QED) is 0.667. The number of terminal acetylenes is 1. The van der Waals surface area contributed by atoms with Crippen molar-refractivity contribution >= 4 is 23.6 Å². The van der Waals surface area contributed by atoms with Crippen molar-refractivity contribution in [3.8, 4) is 12.3 Å². The molecule has 1 saturated heterocycles. The molecule has 0 spiro atoms. The van der Waals surface area contributed by atoms with Gasteiger partial charge in [-0.05, 0) is 37.5 Å². The van der Waals surface area contributed by atoms with Crippen LogP contribution in [0.4, 0.5) is 0 Å². The van der Waals surface area contributed by atoms with E-state index in [4.69, 9.17) is 6.42 Å². The van der Waals surface area contributed by atoms with Crippen molar-refractivity contribution in [2.24, 2.45) is 0 Å². The van der Waals surface area contributed by atoms with Gasteiger partial charge in [-0.25, -0.2) is 0 Å². The summed E-state index contributed by atoms with van der Waals surface area (Å²) in [7, 11) is 0. The molecule has 25 heavy (non-hydrogen) atoms. The van der Waals surface area contributed by atoms with Gasteiger partial charge in [-0.15, -0.1) is 6.42 Å². The summed E-state index contributed by atoms with van der Waals surface area (Å²) in [5.41, 5.74) is 0.749. The van der Waals surface area contributed by atoms with E-state index in [1.807, 2.05) is 13.8 Å². The van der Waals surface area contributed by atoms with Crippen molar-refractivity contribution in [3.05, 3.63) is 34.9 Å². The molecule has 0 saturated carbocycles. The molecule has 1 N–H and O–H groups in total. The molecule has 0 aliphatic carbocycles. The number of carbonyl (C=O) groups excluding carboxylic acids is 4. The Morgan fingerprint density at radius 2 is 1.92 bits per heavy atom. The highest BCUT2D eigenvalue weighted by Gasteiger charge is 2.45. The molecule has 0 aromatic heterocycles. The van der Waals surface area contributed by atoms with Crippen LogP contribution in [0.1, 0.15) is 59.4 Å². The minimum absolute atomic E-state index is 0.0973. The zero-order valence-corrected chi connectivity index (χ0v) is 14.1. The third-order valence-electron chi connectivity index (χ3n) is 5.10. The highest BCUT2D eigenvalue weighted by Crippen LogP contribution is 2.33. The first-order chi connectivity index (χ1) is 11.8. The standard InChI is InChI=1S/C19H18N2O4/c1-4-19(3,5-2)11-6-7-12-13(10-11)18(25)21(17(12)24)14-8-9-15(22)20-16(14)23/h1,6-7,10,14H,5,8-9H2,2-3H3,(H,20,22,23). The second kappa shape index (κ2) is 5.85. The van der Waals surface area contributed by atoms with Crippen LogP contribution in [0.5, 0.6) is 0 Å². The normalized spacial score (nSPS) is 22.3. The van der Waals surface area contributed by atoms with E-state index in [1.165, 1.54) is 0 Å². The smallest absolute Gasteiger partial charge is 0.262 e. The van der Waals surface area contributed by atoms with Crippen molar-refractivity contribution in [3.63, 3.8) is 0 Å². The molecule has 6 nitrogen and oxygen atoms in total. The van der Waals surface area contributed by atoms with Gasteiger partial charge in [0.05, 0.1) is 16.5 Å². The van der Waals surface area contributed by atoms with Gasteiger partial charge in [0, 0.05) is 6.42 Å². The molecule has 0 bridgehead atoms. The van der Waals surface area contributed by atoms with Crippen molar-refractivity contribution < 1.29 is 19.2 Å². The van der Waals surface area contributed by atoms with Crippen molar-refractivity contribution in [2.75, 3.05) is 0 Å². The largest absolute Gasteiger partial charge is 0.295 e. The van der Waals surface area contributed by atoms with Gasteiger partial charge >= 0.3 is 0 Å². The van der Waals surface area contributed by atoms with Crippen molar-refractivity contribution in [1.29, 1.82) is 0 Å². The van der Waals surface area contributed by atoms with E-state index in [1.54, 1.807) is 18.2 Å². The van der Waals surface area contributed by atoms with Gasteiger partial charge in [-0.1, -0.05) is 18.9 Å². The Kier molecular flexibility index (Phi) is 3.96. The van der Waals surface area contributed by atoms with E-state index in [-0.39, 0.29) is 24.0 Å². The van der Waals surface area contributed by atoms with Crippen LogP contribution in [0.25, 0.3) is 0 Å². The number of benzene rings is 1. The minimum atomic E-state index is -0.959. The third kappa shape index (κ3) is 2.52. The number of fused-ring (bicyclic) bond motifs is 1. The number of amides is 4. The highest BCUT2D eigenvalue weighted by atomic mass is 16.2.